The van der Waals surface area contributed by atoms with Crippen molar-refractivity contribution in [2.45, 2.75) is 26.8 Å². The fourth-order valence-electron chi connectivity index (χ4n) is 2.01. The smallest absolute Gasteiger partial charge is 0.242 e. The largest absolute Gasteiger partial charge is 0.300 e. The fourth-order valence-corrected chi connectivity index (χ4v) is 2.14. The average molecular weight is 282 g/mol. The number of carbonyl (C=O) groups is 3. The number of carbonyl (C=O) groups excluding carboxylic acids is 3. The van der Waals surface area contributed by atoms with E-state index < -0.39 is 17.7 Å². The number of ketones is 1. The highest BCUT2D eigenvalue weighted by Crippen LogP contribution is 2.27. The summed E-state index contributed by atoms with van der Waals surface area (Å²) in [5, 5.41) is 0. The van der Waals surface area contributed by atoms with Crippen molar-refractivity contribution in [2.75, 3.05) is 10.8 Å². The van der Waals surface area contributed by atoms with Gasteiger partial charge in [0, 0.05) is 0 Å². The topological polar surface area (TPSA) is 54.5 Å². The Bertz CT molecular complexity index is 493. The Morgan fingerprint density at radius 1 is 1.32 bits per heavy atom. The summed E-state index contributed by atoms with van der Waals surface area (Å²) in [7, 11) is 0. The molecule has 4 nitrogen and oxygen atoms in total. The van der Waals surface area contributed by atoms with Crippen LogP contribution in [0.1, 0.15) is 18.1 Å². The van der Waals surface area contributed by atoms with Crippen LogP contribution in [0.4, 0.5) is 5.69 Å². The first-order valence-corrected chi connectivity index (χ1v) is 6.40. The second-order valence-corrected chi connectivity index (χ2v) is 4.60. The number of anilines is 1. The minimum Gasteiger partial charge on any atom is -0.300 e. The molecule has 0 aliphatic carbocycles. The van der Waals surface area contributed by atoms with Gasteiger partial charge in [0.05, 0.1) is 11.7 Å². The van der Waals surface area contributed by atoms with Crippen LogP contribution in [0.25, 0.3) is 0 Å². The van der Waals surface area contributed by atoms with Crippen LogP contribution < -0.4 is 4.90 Å². The molecule has 0 N–H and O–H groups in total. The van der Waals surface area contributed by atoms with Crippen LogP contribution in [0.3, 0.4) is 0 Å². The number of Topliss-reactive ketones (excluding diaryl/α,β-unsaturated/α-hetero) is 1. The van der Waals surface area contributed by atoms with Crippen LogP contribution in [-0.4, -0.2) is 29.9 Å². The summed E-state index contributed by atoms with van der Waals surface area (Å²) >= 11 is 5.60. The van der Waals surface area contributed by atoms with Gasteiger partial charge in [-0.2, -0.15) is 0 Å². The number of hydrogen-bond donors (Lipinski definition) is 0. The number of rotatable bonds is 5. The number of para-hydroxylation sites is 1. The van der Waals surface area contributed by atoms with Gasteiger partial charge >= 0.3 is 0 Å². The van der Waals surface area contributed by atoms with E-state index in [0.717, 1.165) is 11.1 Å². The molecule has 19 heavy (non-hydrogen) atoms. The molecule has 0 radical (unpaired) electrons. The Morgan fingerprint density at radius 3 is 2.26 bits per heavy atom. The molecule has 1 amide bonds. The summed E-state index contributed by atoms with van der Waals surface area (Å²) in [6.45, 7) is 5.21. The van der Waals surface area contributed by atoms with Gasteiger partial charge in [-0.25, -0.2) is 0 Å². The van der Waals surface area contributed by atoms with E-state index in [1.54, 1.807) is 0 Å². The predicted molar refractivity (Wildman–Crippen MR) is 74.7 cm³/mol. The maximum absolute atomic E-state index is 12.0. The molecule has 1 aromatic rings. The van der Waals surface area contributed by atoms with E-state index in [2.05, 4.69) is 0 Å². The molecule has 0 heterocycles. The SMILES string of the molecule is Cc1cccc(C)c1N(C(=O)CCl)C(C)C(=O)C=O. The van der Waals surface area contributed by atoms with E-state index in [-0.39, 0.29) is 12.2 Å². The van der Waals surface area contributed by atoms with Crippen LogP contribution in [0.2, 0.25) is 0 Å². The third-order valence-corrected chi connectivity index (χ3v) is 3.21. The lowest BCUT2D eigenvalue weighted by molar-refractivity contribution is -0.131. The predicted octanol–water partition coefficient (Wildman–Crippen LogP) is 2.03. The third kappa shape index (κ3) is 3.20. The van der Waals surface area contributed by atoms with Crippen LogP contribution in [-0.2, 0) is 14.4 Å². The zero-order chi connectivity index (χ0) is 14.6. The summed E-state index contributed by atoms with van der Waals surface area (Å²) in [5.41, 5.74) is 2.34. The number of aldehydes is 1. The molecule has 5 heteroatoms. The van der Waals surface area contributed by atoms with Crippen molar-refractivity contribution in [1.82, 2.24) is 0 Å². The fraction of sp³-hybridized carbons (Fsp3) is 0.357. The highest BCUT2D eigenvalue weighted by atomic mass is 35.5. The molecule has 102 valence electrons. The summed E-state index contributed by atoms with van der Waals surface area (Å²) in [4.78, 5) is 35.5. The number of alkyl halides is 1. The highest BCUT2D eigenvalue weighted by Gasteiger charge is 2.28. The lowest BCUT2D eigenvalue weighted by atomic mass is 10.0. The van der Waals surface area contributed by atoms with Gasteiger partial charge < -0.3 is 4.90 Å². The van der Waals surface area contributed by atoms with Gasteiger partial charge in [0.1, 0.15) is 5.88 Å². The van der Waals surface area contributed by atoms with Gasteiger partial charge in [0.25, 0.3) is 0 Å². The normalized spacial score (nSPS) is 11.8. The minimum absolute atomic E-state index is 0.229. The molecule has 0 bridgehead atoms. The van der Waals surface area contributed by atoms with Crippen LogP contribution in [0.5, 0.6) is 0 Å². The van der Waals surface area contributed by atoms with Gasteiger partial charge in [-0.15, -0.1) is 11.6 Å². The first kappa shape index (κ1) is 15.4. The average Bonchev–Trinajstić information content (AvgIpc) is 2.40. The van der Waals surface area contributed by atoms with Crippen molar-refractivity contribution in [3.05, 3.63) is 29.3 Å². The number of benzene rings is 1. The Labute approximate surface area is 117 Å². The summed E-state index contributed by atoms with van der Waals surface area (Å²) in [6, 6.07) is 4.69. The van der Waals surface area contributed by atoms with Crippen molar-refractivity contribution in [3.63, 3.8) is 0 Å². The van der Waals surface area contributed by atoms with Gasteiger partial charge in [0.2, 0.25) is 11.7 Å². The molecule has 0 saturated heterocycles. The van der Waals surface area contributed by atoms with Crippen molar-refractivity contribution in [3.8, 4) is 0 Å². The number of aryl methyl sites for hydroxylation is 2. The Balaban J connectivity index is 3.36. The zero-order valence-corrected chi connectivity index (χ0v) is 11.9. The maximum atomic E-state index is 12.0. The summed E-state index contributed by atoms with van der Waals surface area (Å²) < 4.78 is 0. The molecule has 0 aliphatic heterocycles. The van der Waals surface area contributed by atoms with Gasteiger partial charge in [-0.3, -0.25) is 14.4 Å². The lowest BCUT2D eigenvalue weighted by Gasteiger charge is -2.29. The zero-order valence-electron chi connectivity index (χ0n) is 11.1. The molecule has 1 unspecified atom stereocenters. The molecule has 0 aliphatic rings. The van der Waals surface area contributed by atoms with Gasteiger partial charge in [-0.1, -0.05) is 18.2 Å². The molecule has 1 atom stereocenters. The van der Waals surface area contributed by atoms with Crippen molar-refractivity contribution >= 4 is 35.3 Å². The molecule has 1 rings (SSSR count). The highest BCUT2D eigenvalue weighted by molar-refractivity contribution is 6.33. The molecule has 0 spiro atoms. The first-order valence-electron chi connectivity index (χ1n) is 5.87. The second kappa shape index (κ2) is 6.48. The van der Waals surface area contributed by atoms with E-state index >= 15 is 0 Å². The molecule has 0 fully saturated rings. The monoisotopic (exact) mass is 281 g/mol. The maximum Gasteiger partial charge on any atom is 0.242 e. The molecule has 1 aromatic carbocycles. The van der Waals surface area contributed by atoms with Crippen molar-refractivity contribution in [2.24, 2.45) is 0 Å². The van der Waals surface area contributed by atoms with E-state index in [4.69, 9.17) is 11.6 Å². The van der Waals surface area contributed by atoms with Crippen LogP contribution in [0.15, 0.2) is 18.2 Å². The summed E-state index contributed by atoms with van der Waals surface area (Å²) in [5.74, 6) is -1.30. The van der Waals surface area contributed by atoms with Gasteiger partial charge in [-0.05, 0) is 31.9 Å². The molecular formula is C14H16ClNO3. The number of hydrogen-bond acceptors (Lipinski definition) is 3. The summed E-state index contributed by atoms with van der Waals surface area (Å²) in [6.07, 6.45) is 0.229. The van der Waals surface area contributed by atoms with Crippen molar-refractivity contribution < 1.29 is 14.4 Å². The molecule has 0 saturated carbocycles. The number of halogens is 1. The number of amides is 1. The standard InChI is InChI=1S/C14H16ClNO3/c1-9-5-4-6-10(2)14(9)16(13(19)7-15)11(3)12(18)8-17/h4-6,8,11H,7H2,1-3H3. The van der Waals surface area contributed by atoms with Crippen molar-refractivity contribution in [1.29, 1.82) is 0 Å². The van der Waals surface area contributed by atoms with Gasteiger partial charge in [0.15, 0.2) is 6.29 Å². The minimum atomic E-state index is -0.858. The molecular weight excluding hydrogens is 266 g/mol. The Hall–Kier alpha value is -1.68. The Kier molecular flexibility index (Phi) is 5.24. The van der Waals surface area contributed by atoms with E-state index in [1.165, 1.54) is 11.8 Å². The van der Waals surface area contributed by atoms with E-state index in [9.17, 15) is 14.4 Å². The van der Waals surface area contributed by atoms with Crippen LogP contribution in [0, 0.1) is 13.8 Å². The van der Waals surface area contributed by atoms with Crippen LogP contribution >= 0.6 is 11.6 Å². The van der Waals surface area contributed by atoms with E-state index in [1.807, 2.05) is 32.0 Å². The number of nitrogens with zero attached hydrogens (tertiary/aromatic N) is 1. The third-order valence-electron chi connectivity index (χ3n) is 2.98. The second-order valence-electron chi connectivity index (χ2n) is 4.33. The lowest BCUT2D eigenvalue weighted by Crippen LogP contribution is -2.45. The Morgan fingerprint density at radius 2 is 1.84 bits per heavy atom. The first-order chi connectivity index (χ1) is 8.93. The molecule has 0 aromatic heterocycles. The quantitative estimate of drug-likeness (QED) is 0.471. The van der Waals surface area contributed by atoms with E-state index in [0.29, 0.717) is 5.69 Å².